The van der Waals surface area contributed by atoms with Crippen molar-refractivity contribution in [2.75, 3.05) is 0 Å². The van der Waals surface area contributed by atoms with E-state index < -0.39 is 37.8 Å². The Morgan fingerprint density at radius 1 is 0.600 bits per heavy atom. The molecule has 0 aliphatic carbocycles. The number of halogens is 3. The lowest BCUT2D eigenvalue weighted by molar-refractivity contribution is -0.131. The van der Waals surface area contributed by atoms with Crippen LogP contribution < -0.4 is 0 Å². The van der Waals surface area contributed by atoms with Gasteiger partial charge >= 0.3 is 14.7 Å². The summed E-state index contributed by atoms with van der Waals surface area (Å²) in [4.78, 5) is 0. The van der Waals surface area contributed by atoms with Crippen molar-refractivity contribution in [3.8, 4) is 0 Å². The van der Waals surface area contributed by atoms with Crippen molar-refractivity contribution in [3.63, 3.8) is 0 Å². The van der Waals surface area contributed by atoms with E-state index in [4.69, 9.17) is 8.23 Å². The Morgan fingerprint density at radius 2 is 0.920 bits per heavy atom. The lowest BCUT2D eigenvalue weighted by atomic mass is 10.5. The highest BCUT2D eigenvalue weighted by atomic mass is 28.5. The molecule has 0 N–H and O–H groups in total. The second-order valence-corrected chi connectivity index (χ2v) is 20.7. The molecule has 152 valence electrons. The fraction of sp³-hybridized carbons (Fsp3) is 1.00. The van der Waals surface area contributed by atoms with Crippen LogP contribution in [0.4, 0.5) is 13.2 Å². The van der Waals surface area contributed by atoms with Crippen LogP contribution in [-0.4, -0.2) is 31.4 Å². The van der Waals surface area contributed by atoms with Gasteiger partial charge in [0.2, 0.25) is 0 Å². The van der Waals surface area contributed by atoms with E-state index in [0.29, 0.717) is 6.04 Å². The van der Waals surface area contributed by atoms with Crippen LogP contribution in [0.1, 0.15) is 54.9 Å². The van der Waals surface area contributed by atoms with Gasteiger partial charge in [-0.25, -0.2) is 0 Å². The van der Waals surface area contributed by atoms with Crippen molar-refractivity contribution in [1.29, 1.82) is 0 Å². The van der Waals surface area contributed by atoms with Gasteiger partial charge in [0, 0.05) is 6.42 Å². The van der Waals surface area contributed by atoms with Crippen molar-refractivity contribution in [1.82, 2.24) is 0 Å². The van der Waals surface area contributed by atoms with Gasteiger partial charge in [-0.2, -0.15) is 13.2 Å². The van der Waals surface area contributed by atoms with Crippen LogP contribution in [-0.2, 0) is 8.23 Å². The average Bonchev–Trinajstić information content (AvgIpc) is 2.62. The highest BCUT2D eigenvalue weighted by Gasteiger charge is 2.49. The van der Waals surface area contributed by atoms with Gasteiger partial charge in [-0.3, -0.25) is 0 Å². The molecule has 0 rings (SSSR count). The zero-order valence-corrected chi connectivity index (χ0v) is 20.3. The van der Waals surface area contributed by atoms with Gasteiger partial charge < -0.3 is 8.23 Å². The van der Waals surface area contributed by atoms with E-state index in [0.717, 1.165) is 36.3 Å². The molecule has 0 aromatic heterocycles. The molecule has 0 amide bonds. The molecule has 0 atom stereocenters. The monoisotopic (exact) mass is 416 g/mol. The standard InChI is InChI=1S/C17H39F3O2Si3/c1-8-23(9-2,10-3)21-25(14-7,16-15-17(18,19)20)22-24(11-4,12-5)13-6/h8-16H2,1-7H3. The zero-order chi connectivity index (χ0) is 19.8. The highest BCUT2D eigenvalue weighted by molar-refractivity contribution is 6.90. The lowest BCUT2D eigenvalue weighted by Gasteiger charge is -2.45. The number of hydrogen-bond acceptors (Lipinski definition) is 2. The maximum atomic E-state index is 13.0. The Bertz CT molecular complexity index is 332. The minimum Gasteiger partial charge on any atom is -0.436 e. The Hall–Kier alpha value is 0.361. The topological polar surface area (TPSA) is 18.5 Å². The smallest absolute Gasteiger partial charge is 0.389 e. The van der Waals surface area contributed by atoms with Crippen molar-refractivity contribution >= 4 is 25.2 Å². The molecule has 0 aliphatic heterocycles. The fourth-order valence-electron chi connectivity index (χ4n) is 3.50. The van der Waals surface area contributed by atoms with E-state index in [9.17, 15) is 13.2 Å². The number of hydrogen-bond donors (Lipinski definition) is 0. The molecular formula is C17H39F3O2Si3. The van der Waals surface area contributed by atoms with E-state index in [1.54, 1.807) is 0 Å². The van der Waals surface area contributed by atoms with Gasteiger partial charge in [0.05, 0.1) is 0 Å². The first-order chi connectivity index (χ1) is 11.5. The summed E-state index contributed by atoms with van der Waals surface area (Å²) in [6, 6.07) is 6.35. The van der Waals surface area contributed by atoms with Crippen LogP contribution in [0.5, 0.6) is 0 Å². The first-order valence-corrected chi connectivity index (χ1v) is 17.3. The maximum absolute atomic E-state index is 13.0. The van der Waals surface area contributed by atoms with Crippen molar-refractivity contribution in [2.24, 2.45) is 0 Å². The Morgan fingerprint density at radius 3 is 1.12 bits per heavy atom. The third-order valence-electron chi connectivity index (χ3n) is 6.00. The Kier molecular flexibility index (Phi) is 10.8. The summed E-state index contributed by atoms with van der Waals surface area (Å²) in [6.07, 6.45) is -4.93. The minimum atomic E-state index is -4.15. The van der Waals surface area contributed by atoms with Crippen molar-refractivity contribution in [2.45, 2.75) is 109 Å². The largest absolute Gasteiger partial charge is 0.436 e. The van der Waals surface area contributed by atoms with E-state index in [1.807, 2.05) is 6.92 Å². The van der Waals surface area contributed by atoms with Crippen LogP contribution in [0.3, 0.4) is 0 Å². The van der Waals surface area contributed by atoms with Gasteiger partial charge in [-0.05, 0) is 48.4 Å². The van der Waals surface area contributed by atoms with Crippen LogP contribution in [0.25, 0.3) is 0 Å². The van der Waals surface area contributed by atoms with Gasteiger partial charge in [0.1, 0.15) is 0 Å². The van der Waals surface area contributed by atoms with Gasteiger partial charge in [-0.1, -0.05) is 48.5 Å². The Labute approximate surface area is 156 Å². The van der Waals surface area contributed by atoms with Crippen LogP contribution in [0.15, 0.2) is 0 Å². The summed E-state index contributed by atoms with van der Waals surface area (Å²) in [5.74, 6) is 0. The van der Waals surface area contributed by atoms with Gasteiger partial charge in [0.25, 0.3) is 0 Å². The number of rotatable bonds is 13. The Balaban J connectivity index is 5.81. The molecule has 0 fully saturated rings. The van der Waals surface area contributed by atoms with Crippen molar-refractivity contribution < 1.29 is 21.4 Å². The van der Waals surface area contributed by atoms with Crippen LogP contribution in [0, 0.1) is 0 Å². The summed E-state index contributed by atoms with van der Waals surface area (Å²) in [7, 11) is -6.91. The summed E-state index contributed by atoms with van der Waals surface area (Å²) in [5.41, 5.74) is 0. The predicted octanol–water partition coefficient (Wildman–Crippen LogP) is 7.44. The predicted molar refractivity (Wildman–Crippen MR) is 108 cm³/mol. The molecular weight excluding hydrogens is 377 g/mol. The second kappa shape index (κ2) is 10.6. The third kappa shape index (κ3) is 7.48. The molecule has 0 heterocycles. The molecule has 8 heteroatoms. The number of alkyl halides is 3. The van der Waals surface area contributed by atoms with Gasteiger partial charge in [0.15, 0.2) is 16.6 Å². The zero-order valence-electron chi connectivity index (χ0n) is 17.3. The molecule has 0 spiro atoms. The average molecular weight is 417 g/mol. The molecule has 0 aliphatic rings. The fourth-order valence-corrected chi connectivity index (χ4v) is 19.8. The van der Waals surface area contributed by atoms with E-state index in [2.05, 4.69) is 41.5 Å². The highest BCUT2D eigenvalue weighted by Crippen LogP contribution is 2.38. The summed E-state index contributed by atoms with van der Waals surface area (Å²) in [5, 5.41) is 0. The summed E-state index contributed by atoms with van der Waals surface area (Å²) >= 11 is 0. The molecule has 25 heavy (non-hydrogen) atoms. The molecule has 0 radical (unpaired) electrons. The lowest BCUT2D eigenvalue weighted by Crippen LogP contribution is -2.58. The molecule has 2 nitrogen and oxygen atoms in total. The molecule has 0 unspecified atom stereocenters. The third-order valence-corrected chi connectivity index (χ3v) is 22.3. The minimum absolute atomic E-state index is 0.0521. The summed E-state index contributed by atoms with van der Waals surface area (Å²) < 4.78 is 52.6. The van der Waals surface area contributed by atoms with Crippen molar-refractivity contribution in [3.05, 3.63) is 0 Å². The first-order valence-electron chi connectivity index (χ1n) is 10.0. The second-order valence-electron chi connectivity index (χ2n) is 7.07. The molecule has 0 aromatic rings. The quantitative estimate of drug-likeness (QED) is 0.290. The first kappa shape index (κ1) is 25.4. The SMILES string of the molecule is CC[Si](CC)(CC)O[Si](CC)(CCC(F)(F)F)O[Si](CC)(CC)CC. The van der Waals surface area contributed by atoms with E-state index in [-0.39, 0.29) is 6.04 Å². The van der Waals surface area contributed by atoms with Crippen LogP contribution in [0.2, 0.25) is 48.4 Å². The normalized spacial score (nSPS) is 14.2. The van der Waals surface area contributed by atoms with Crippen LogP contribution >= 0.6 is 0 Å². The molecule has 0 bridgehead atoms. The maximum Gasteiger partial charge on any atom is 0.389 e. The van der Waals surface area contributed by atoms with E-state index >= 15 is 0 Å². The molecule has 0 saturated heterocycles. The summed E-state index contributed by atoms with van der Waals surface area (Å²) in [6.45, 7) is 14.7. The van der Waals surface area contributed by atoms with Gasteiger partial charge in [-0.15, -0.1) is 0 Å². The van der Waals surface area contributed by atoms with E-state index in [1.165, 1.54) is 0 Å². The molecule has 0 saturated carbocycles. The molecule has 0 aromatic carbocycles.